The summed E-state index contributed by atoms with van der Waals surface area (Å²) in [7, 11) is 1.66. The van der Waals surface area contributed by atoms with Crippen LogP contribution in [-0.2, 0) is 11.3 Å². The van der Waals surface area contributed by atoms with E-state index in [1.807, 2.05) is 18.3 Å². The van der Waals surface area contributed by atoms with E-state index >= 15 is 0 Å². The van der Waals surface area contributed by atoms with Gasteiger partial charge in [0, 0.05) is 39.0 Å². The molecule has 0 bridgehead atoms. The molecule has 0 radical (unpaired) electrons. The van der Waals surface area contributed by atoms with Crippen molar-refractivity contribution in [2.24, 2.45) is 10.4 Å². The molecule has 1 N–H and O–H groups in total. The molecule has 0 atom stereocenters. The van der Waals surface area contributed by atoms with Gasteiger partial charge in [-0.15, -0.1) is 24.0 Å². The molecule has 1 aliphatic carbocycles. The lowest BCUT2D eigenvalue weighted by Crippen LogP contribution is -2.42. The van der Waals surface area contributed by atoms with Crippen LogP contribution in [0.2, 0.25) is 0 Å². The van der Waals surface area contributed by atoms with E-state index in [1.165, 1.54) is 25.7 Å². The zero-order valence-corrected chi connectivity index (χ0v) is 18.2. The summed E-state index contributed by atoms with van der Waals surface area (Å²) in [5, 5.41) is 3.44. The molecule has 3 rings (SSSR count). The van der Waals surface area contributed by atoms with Gasteiger partial charge in [0.05, 0.1) is 13.2 Å². The Hall–Kier alpha value is -1.09. The Balaban J connectivity index is 0.00000243. The lowest BCUT2D eigenvalue weighted by atomic mass is 9.68. The van der Waals surface area contributed by atoms with Crippen molar-refractivity contribution in [1.29, 1.82) is 0 Å². The number of aromatic nitrogens is 1. The van der Waals surface area contributed by atoms with Crippen molar-refractivity contribution in [3.8, 4) is 5.88 Å². The molecule has 2 fully saturated rings. The van der Waals surface area contributed by atoms with Crippen molar-refractivity contribution in [3.05, 3.63) is 23.9 Å². The van der Waals surface area contributed by atoms with Gasteiger partial charge in [0.2, 0.25) is 5.88 Å². The SMILES string of the molecule is CCNC(=NCc1ccc(OCCOC)nc1)N1CCC2(CCC2)C1.I. The zero-order valence-electron chi connectivity index (χ0n) is 15.9. The Morgan fingerprint density at radius 1 is 1.31 bits per heavy atom. The van der Waals surface area contributed by atoms with Crippen molar-refractivity contribution in [2.45, 2.75) is 39.2 Å². The van der Waals surface area contributed by atoms with E-state index < -0.39 is 0 Å². The molecule has 2 aliphatic rings. The first-order chi connectivity index (χ1) is 12.2. The third-order valence-corrected chi connectivity index (χ3v) is 5.23. The summed E-state index contributed by atoms with van der Waals surface area (Å²) in [6.45, 7) is 7.02. The molecule has 1 aromatic rings. The summed E-state index contributed by atoms with van der Waals surface area (Å²) in [6.07, 6.45) is 7.32. The van der Waals surface area contributed by atoms with Crippen LogP contribution in [-0.4, -0.2) is 55.8 Å². The van der Waals surface area contributed by atoms with Gasteiger partial charge < -0.3 is 19.7 Å². The first-order valence-electron chi connectivity index (χ1n) is 9.35. The zero-order chi connectivity index (χ0) is 17.5. The first-order valence-corrected chi connectivity index (χ1v) is 9.35. The van der Waals surface area contributed by atoms with Gasteiger partial charge in [0.15, 0.2) is 5.96 Å². The average Bonchev–Trinajstić information content (AvgIpc) is 3.06. The number of methoxy groups -OCH3 is 1. The summed E-state index contributed by atoms with van der Waals surface area (Å²) < 4.78 is 10.5. The number of nitrogens with one attached hydrogen (secondary N) is 1. The number of likely N-dealkylation sites (tertiary alicyclic amines) is 1. The molecule has 146 valence electrons. The Kier molecular flexibility index (Phi) is 8.40. The normalized spacial score (nSPS) is 18.4. The van der Waals surface area contributed by atoms with Crippen LogP contribution in [0, 0.1) is 5.41 Å². The van der Waals surface area contributed by atoms with Crippen LogP contribution in [0.1, 0.15) is 38.2 Å². The number of nitrogens with zero attached hydrogens (tertiary/aromatic N) is 3. The summed E-state index contributed by atoms with van der Waals surface area (Å²) in [4.78, 5) is 11.6. The lowest BCUT2D eigenvalue weighted by molar-refractivity contribution is 0.143. The fraction of sp³-hybridized carbons (Fsp3) is 0.684. The largest absolute Gasteiger partial charge is 0.475 e. The van der Waals surface area contributed by atoms with Crippen molar-refractivity contribution < 1.29 is 9.47 Å². The van der Waals surface area contributed by atoms with Crippen LogP contribution in [0.5, 0.6) is 5.88 Å². The fourth-order valence-corrected chi connectivity index (χ4v) is 3.61. The summed E-state index contributed by atoms with van der Waals surface area (Å²) in [5.74, 6) is 1.66. The minimum atomic E-state index is 0. The first kappa shape index (κ1) is 21.2. The predicted molar refractivity (Wildman–Crippen MR) is 114 cm³/mol. The van der Waals surface area contributed by atoms with E-state index in [0.29, 0.717) is 31.1 Å². The molecule has 0 aromatic carbocycles. The number of ether oxygens (including phenoxy) is 2. The Labute approximate surface area is 173 Å². The maximum Gasteiger partial charge on any atom is 0.213 e. The van der Waals surface area contributed by atoms with Gasteiger partial charge in [-0.1, -0.05) is 12.5 Å². The number of pyridine rings is 1. The third kappa shape index (κ3) is 5.45. The minimum Gasteiger partial charge on any atom is -0.475 e. The van der Waals surface area contributed by atoms with Gasteiger partial charge in [-0.3, -0.25) is 0 Å². The smallest absolute Gasteiger partial charge is 0.213 e. The van der Waals surface area contributed by atoms with Gasteiger partial charge in [0.1, 0.15) is 6.61 Å². The van der Waals surface area contributed by atoms with E-state index in [9.17, 15) is 0 Å². The highest BCUT2D eigenvalue weighted by molar-refractivity contribution is 14.0. The quantitative estimate of drug-likeness (QED) is 0.285. The second-order valence-corrected chi connectivity index (χ2v) is 7.04. The van der Waals surface area contributed by atoms with E-state index in [0.717, 1.165) is 31.2 Å². The van der Waals surface area contributed by atoms with Crippen LogP contribution in [0.25, 0.3) is 0 Å². The maximum atomic E-state index is 5.50. The molecule has 6 nitrogen and oxygen atoms in total. The van der Waals surface area contributed by atoms with E-state index in [-0.39, 0.29) is 24.0 Å². The Morgan fingerprint density at radius 2 is 2.15 bits per heavy atom. The molecule has 0 unspecified atom stereocenters. The number of hydrogen-bond acceptors (Lipinski definition) is 4. The average molecular weight is 474 g/mol. The molecule has 0 amide bonds. The lowest BCUT2D eigenvalue weighted by Gasteiger charge is -2.38. The molecule has 1 spiro atoms. The molecule has 1 aromatic heterocycles. The molecule has 7 heteroatoms. The number of hydrogen-bond donors (Lipinski definition) is 1. The summed E-state index contributed by atoms with van der Waals surface area (Å²) in [5.41, 5.74) is 1.67. The molecule has 2 heterocycles. The van der Waals surface area contributed by atoms with Crippen molar-refractivity contribution in [1.82, 2.24) is 15.2 Å². The maximum absolute atomic E-state index is 5.50. The van der Waals surface area contributed by atoms with Crippen LogP contribution in [0.15, 0.2) is 23.3 Å². The van der Waals surface area contributed by atoms with Crippen molar-refractivity contribution in [3.63, 3.8) is 0 Å². The number of guanidine groups is 1. The molecular weight excluding hydrogens is 443 g/mol. The highest BCUT2D eigenvalue weighted by atomic mass is 127. The standard InChI is InChI=1S/C19H30N4O2.HI/c1-3-20-18(23-10-9-19(15-23)7-4-8-19)22-14-16-5-6-17(21-13-16)25-12-11-24-2;/h5-6,13H,3-4,7-12,14-15H2,1-2H3,(H,20,22);1H. The van der Waals surface area contributed by atoms with Gasteiger partial charge >= 0.3 is 0 Å². The predicted octanol–water partition coefficient (Wildman–Crippen LogP) is 3.07. The van der Waals surface area contributed by atoms with Crippen molar-refractivity contribution in [2.75, 3.05) is 40.0 Å². The van der Waals surface area contributed by atoms with E-state index in [2.05, 4.69) is 22.1 Å². The van der Waals surface area contributed by atoms with Gasteiger partial charge in [-0.2, -0.15) is 0 Å². The van der Waals surface area contributed by atoms with Gasteiger partial charge in [0.25, 0.3) is 0 Å². The highest BCUT2D eigenvalue weighted by Gasteiger charge is 2.43. The molecular formula is C19H31IN4O2. The second-order valence-electron chi connectivity index (χ2n) is 7.04. The van der Waals surface area contributed by atoms with Crippen LogP contribution in [0.4, 0.5) is 0 Å². The van der Waals surface area contributed by atoms with Crippen molar-refractivity contribution >= 4 is 29.9 Å². The molecule has 1 aliphatic heterocycles. The third-order valence-electron chi connectivity index (χ3n) is 5.23. The molecule has 1 saturated carbocycles. The Bertz CT molecular complexity index is 575. The van der Waals surface area contributed by atoms with E-state index in [1.54, 1.807) is 7.11 Å². The molecule has 1 saturated heterocycles. The van der Waals surface area contributed by atoms with Crippen LogP contribution < -0.4 is 10.1 Å². The van der Waals surface area contributed by atoms with Crippen LogP contribution >= 0.6 is 24.0 Å². The monoisotopic (exact) mass is 474 g/mol. The number of rotatable bonds is 7. The van der Waals surface area contributed by atoms with Crippen LogP contribution in [0.3, 0.4) is 0 Å². The minimum absolute atomic E-state index is 0. The molecule has 26 heavy (non-hydrogen) atoms. The van der Waals surface area contributed by atoms with Gasteiger partial charge in [-0.25, -0.2) is 9.98 Å². The Morgan fingerprint density at radius 3 is 2.73 bits per heavy atom. The summed E-state index contributed by atoms with van der Waals surface area (Å²) in [6, 6.07) is 3.92. The summed E-state index contributed by atoms with van der Waals surface area (Å²) >= 11 is 0. The second kappa shape index (κ2) is 10.3. The van der Waals surface area contributed by atoms with Gasteiger partial charge in [-0.05, 0) is 37.2 Å². The highest BCUT2D eigenvalue weighted by Crippen LogP contribution is 2.47. The number of aliphatic imine (C=N–C) groups is 1. The topological polar surface area (TPSA) is 59.0 Å². The van der Waals surface area contributed by atoms with E-state index in [4.69, 9.17) is 14.5 Å². The number of halogens is 1. The fourth-order valence-electron chi connectivity index (χ4n) is 3.61.